The zero-order chi connectivity index (χ0) is 13.9. The van der Waals surface area contributed by atoms with Crippen LogP contribution >= 0.6 is 11.6 Å². The van der Waals surface area contributed by atoms with Crippen molar-refractivity contribution in [2.45, 2.75) is 18.8 Å². The number of hydrogen-bond acceptors (Lipinski definition) is 4. The van der Waals surface area contributed by atoms with Gasteiger partial charge in [-0.3, -0.25) is 0 Å². The second-order valence-corrected chi connectivity index (χ2v) is 5.51. The van der Waals surface area contributed by atoms with Crippen LogP contribution in [0.15, 0.2) is 30.5 Å². The highest BCUT2D eigenvalue weighted by Crippen LogP contribution is 2.31. The van der Waals surface area contributed by atoms with Gasteiger partial charge in [-0.2, -0.15) is 0 Å². The van der Waals surface area contributed by atoms with Gasteiger partial charge in [0.1, 0.15) is 0 Å². The van der Waals surface area contributed by atoms with E-state index in [4.69, 9.17) is 17.3 Å². The summed E-state index contributed by atoms with van der Waals surface area (Å²) >= 11 is 5.95. The van der Waals surface area contributed by atoms with E-state index >= 15 is 0 Å². The van der Waals surface area contributed by atoms with Crippen LogP contribution in [-0.2, 0) is 0 Å². The number of halogens is 1. The molecule has 0 radical (unpaired) electrons. The first-order valence-corrected chi connectivity index (χ1v) is 7.21. The molecule has 1 fully saturated rings. The summed E-state index contributed by atoms with van der Waals surface area (Å²) in [5, 5.41) is 4.15. The quantitative estimate of drug-likeness (QED) is 0.892. The highest BCUT2D eigenvalue weighted by atomic mass is 35.5. The van der Waals surface area contributed by atoms with E-state index in [-0.39, 0.29) is 0 Å². The SMILES string of the molecule is Nc1ncc(-c2ccc(Cl)cc2)c([C@@H]2CCCNC2)n1. The number of nitrogen functional groups attached to an aromatic ring is 1. The van der Waals surface area contributed by atoms with Gasteiger partial charge in [0.05, 0.1) is 5.69 Å². The second-order valence-electron chi connectivity index (χ2n) is 5.08. The molecule has 5 heteroatoms. The summed E-state index contributed by atoms with van der Waals surface area (Å²) in [6.45, 7) is 2.02. The molecule has 1 atom stereocenters. The summed E-state index contributed by atoms with van der Waals surface area (Å²) in [6, 6.07) is 7.76. The molecule has 2 aromatic rings. The molecule has 104 valence electrons. The molecule has 0 amide bonds. The van der Waals surface area contributed by atoms with Crippen LogP contribution in [0.25, 0.3) is 11.1 Å². The summed E-state index contributed by atoms with van der Waals surface area (Å²) in [5.74, 6) is 0.725. The Morgan fingerprint density at radius 3 is 2.75 bits per heavy atom. The summed E-state index contributed by atoms with van der Waals surface area (Å²) in [4.78, 5) is 8.64. The molecule has 3 N–H and O–H groups in total. The van der Waals surface area contributed by atoms with Gasteiger partial charge >= 0.3 is 0 Å². The molecule has 1 aromatic heterocycles. The minimum atomic E-state index is 0.336. The van der Waals surface area contributed by atoms with E-state index in [0.29, 0.717) is 11.9 Å². The van der Waals surface area contributed by atoms with E-state index in [0.717, 1.165) is 47.8 Å². The van der Waals surface area contributed by atoms with Gasteiger partial charge in [-0.05, 0) is 37.1 Å². The Balaban J connectivity index is 2.03. The minimum absolute atomic E-state index is 0.336. The van der Waals surface area contributed by atoms with E-state index in [1.165, 1.54) is 0 Å². The lowest BCUT2D eigenvalue weighted by atomic mass is 9.91. The minimum Gasteiger partial charge on any atom is -0.368 e. The first kappa shape index (κ1) is 13.3. The number of nitrogens with one attached hydrogen (secondary N) is 1. The number of aromatic nitrogens is 2. The van der Waals surface area contributed by atoms with Crippen LogP contribution in [0.2, 0.25) is 5.02 Å². The van der Waals surface area contributed by atoms with Gasteiger partial charge in [0, 0.05) is 29.2 Å². The molecule has 4 nitrogen and oxygen atoms in total. The first-order chi connectivity index (χ1) is 9.74. The predicted octanol–water partition coefficient (Wildman–Crippen LogP) is 2.85. The molecule has 0 unspecified atom stereocenters. The number of nitrogens with zero attached hydrogens (tertiary/aromatic N) is 2. The lowest BCUT2D eigenvalue weighted by Gasteiger charge is -2.24. The fourth-order valence-corrected chi connectivity index (χ4v) is 2.78. The fourth-order valence-electron chi connectivity index (χ4n) is 2.66. The Labute approximate surface area is 123 Å². The fraction of sp³-hybridized carbons (Fsp3) is 0.333. The van der Waals surface area contributed by atoms with Gasteiger partial charge < -0.3 is 11.1 Å². The molecule has 2 heterocycles. The lowest BCUT2D eigenvalue weighted by Crippen LogP contribution is -2.29. The molecule has 1 aromatic carbocycles. The Morgan fingerprint density at radius 2 is 2.05 bits per heavy atom. The van der Waals surface area contributed by atoms with Gasteiger partial charge in [0.15, 0.2) is 0 Å². The molecule has 0 spiro atoms. The van der Waals surface area contributed by atoms with Gasteiger partial charge in [-0.15, -0.1) is 0 Å². The van der Waals surface area contributed by atoms with E-state index < -0.39 is 0 Å². The molecule has 1 aliphatic rings. The van der Waals surface area contributed by atoms with Gasteiger partial charge in [-0.1, -0.05) is 23.7 Å². The van der Waals surface area contributed by atoms with Crippen molar-refractivity contribution in [1.29, 1.82) is 0 Å². The first-order valence-electron chi connectivity index (χ1n) is 6.83. The highest BCUT2D eigenvalue weighted by molar-refractivity contribution is 6.30. The van der Waals surface area contributed by atoms with Crippen molar-refractivity contribution in [3.8, 4) is 11.1 Å². The average molecular weight is 289 g/mol. The van der Waals surface area contributed by atoms with E-state index in [1.54, 1.807) is 0 Å². The number of hydrogen-bond donors (Lipinski definition) is 2. The Kier molecular flexibility index (Phi) is 3.85. The monoisotopic (exact) mass is 288 g/mol. The molecule has 1 saturated heterocycles. The number of nitrogens with two attached hydrogens (primary N) is 1. The number of piperidine rings is 1. The standard InChI is InChI=1S/C15H17ClN4/c16-12-5-3-10(4-6-12)13-9-19-15(17)20-14(13)11-2-1-7-18-8-11/h3-6,9,11,18H,1-2,7-8H2,(H2,17,19,20)/t11-/m1/s1. The third-order valence-electron chi connectivity index (χ3n) is 3.68. The molecule has 20 heavy (non-hydrogen) atoms. The van der Waals surface area contributed by atoms with Crippen molar-refractivity contribution in [2.24, 2.45) is 0 Å². The number of rotatable bonds is 2. The number of benzene rings is 1. The molecule has 0 aliphatic carbocycles. The lowest BCUT2D eigenvalue weighted by molar-refractivity contribution is 0.455. The van der Waals surface area contributed by atoms with Crippen LogP contribution < -0.4 is 11.1 Å². The van der Waals surface area contributed by atoms with Crippen LogP contribution in [0.3, 0.4) is 0 Å². The van der Waals surface area contributed by atoms with Crippen molar-refractivity contribution in [3.05, 3.63) is 41.2 Å². The van der Waals surface area contributed by atoms with Gasteiger partial charge in [0.25, 0.3) is 0 Å². The Hall–Kier alpha value is -1.65. The third-order valence-corrected chi connectivity index (χ3v) is 3.93. The maximum absolute atomic E-state index is 5.95. The molecular formula is C15H17ClN4. The highest BCUT2D eigenvalue weighted by Gasteiger charge is 2.21. The predicted molar refractivity (Wildman–Crippen MR) is 81.7 cm³/mol. The normalized spacial score (nSPS) is 18.9. The van der Waals surface area contributed by atoms with Crippen molar-refractivity contribution in [1.82, 2.24) is 15.3 Å². The third kappa shape index (κ3) is 2.76. The van der Waals surface area contributed by atoms with Crippen molar-refractivity contribution in [2.75, 3.05) is 18.8 Å². The maximum Gasteiger partial charge on any atom is 0.220 e. The van der Waals surface area contributed by atoms with E-state index in [1.807, 2.05) is 30.5 Å². The van der Waals surface area contributed by atoms with Crippen molar-refractivity contribution < 1.29 is 0 Å². The van der Waals surface area contributed by atoms with Crippen LogP contribution in [0.1, 0.15) is 24.5 Å². The van der Waals surface area contributed by atoms with E-state index in [2.05, 4.69) is 15.3 Å². The van der Waals surface area contributed by atoms with Gasteiger partial charge in [0.2, 0.25) is 5.95 Å². The molecular weight excluding hydrogens is 272 g/mol. The topological polar surface area (TPSA) is 63.8 Å². The van der Waals surface area contributed by atoms with Crippen LogP contribution in [0.4, 0.5) is 5.95 Å². The van der Waals surface area contributed by atoms with Crippen LogP contribution in [0.5, 0.6) is 0 Å². The zero-order valence-electron chi connectivity index (χ0n) is 11.1. The van der Waals surface area contributed by atoms with Crippen molar-refractivity contribution >= 4 is 17.5 Å². The maximum atomic E-state index is 5.95. The summed E-state index contributed by atoms with van der Waals surface area (Å²) < 4.78 is 0. The zero-order valence-corrected chi connectivity index (χ0v) is 11.9. The second kappa shape index (κ2) is 5.77. The van der Waals surface area contributed by atoms with Gasteiger partial charge in [-0.25, -0.2) is 9.97 Å². The molecule has 3 rings (SSSR count). The summed E-state index contributed by atoms with van der Waals surface area (Å²) in [6.07, 6.45) is 4.11. The molecule has 0 bridgehead atoms. The number of anilines is 1. The van der Waals surface area contributed by atoms with E-state index in [9.17, 15) is 0 Å². The largest absolute Gasteiger partial charge is 0.368 e. The Morgan fingerprint density at radius 1 is 1.25 bits per heavy atom. The Bertz CT molecular complexity index is 591. The van der Waals surface area contributed by atoms with Crippen LogP contribution in [0, 0.1) is 0 Å². The summed E-state index contributed by atoms with van der Waals surface area (Å²) in [5.41, 5.74) is 8.93. The van der Waals surface area contributed by atoms with Crippen LogP contribution in [-0.4, -0.2) is 23.1 Å². The smallest absolute Gasteiger partial charge is 0.220 e. The molecule has 0 saturated carbocycles. The molecule has 1 aliphatic heterocycles. The average Bonchev–Trinajstić information content (AvgIpc) is 2.49. The van der Waals surface area contributed by atoms with Crippen molar-refractivity contribution in [3.63, 3.8) is 0 Å². The summed E-state index contributed by atoms with van der Waals surface area (Å²) in [7, 11) is 0.